The lowest BCUT2D eigenvalue weighted by Gasteiger charge is -2.25. The molecule has 1 heterocycles. The highest BCUT2D eigenvalue weighted by Crippen LogP contribution is 2.37. The topological polar surface area (TPSA) is 91.1 Å². The van der Waals surface area contributed by atoms with Gasteiger partial charge in [-0.2, -0.15) is 0 Å². The van der Waals surface area contributed by atoms with E-state index in [0.29, 0.717) is 6.61 Å². The van der Waals surface area contributed by atoms with Gasteiger partial charge in [-0.05, 0) is 32.9 Å². The van der Waals surface area contributed by atoms with Crippen LogP contribution in [0.4, 0.5) is 5.69 Å². The number of nitro benzene ring substituents is 1. The van der Waals surface area contributed by atoms with E-state index in [1.54, 1.807) is 20.8 Å². The molecule has 0 aliphatic carbocycles. The highest BCUT2D eigenvalue weighted by Gasteiger charge is 2.43. The maximum Gasteiger partial charge on any atom is 0.352 e. The molecule has 1 unspecified atom stereocenters. The normalized spacial score (nSPS) is 24.6. The van der Waals surface area contributed by atoms with Gasteiger partial charge in [0.1, 0.15) is 12.2 Å². The molecule has 2 rings (SSSR count). The Labute approximate surface area is 116 Å². The van der Waals surface area contributed by atoms with Gasteiger partial charge in [0.05, 0.1) is 11.5 Å². The predicted octanol–water partition coefficient (Wildman–Crippen LogP) is 2.22. The molecule has 1 aliphatic rings. The van der Waals surface area contributed by atoms with Crippen LogP contribution in [0.25, 0.3) is 0 Å². The SMILES string of the molecule is CC1(COc2cccc(O)c2[N+](=O)[O-])COC(C)(C)O1. The molecular formula is C13H17NO6. The van der Waals surface area contributed by atoms with E-state index in [-0.39, 0.29) is 12.4 Å². The first-order valence-corrected chi connectivity index (χ1v) is 6.16. The second-order valence-corrected chi connectivity index (χ2v) is 5.41. The molecule has 0 spiro atoms. The molecule has 7 nitrogen and oxygen atoms in total. The first-order valence-electron chi connectivity index (χ1n) is 6.16. The van der Waals surface area contributed by atoms with Gasteiger partial charge in [-0.25, -0.2) is 0 Å². The number of benzene rings is 1. The third-order valence-corrected chi connectivity index (χ3v) is 2.91. The van der Waals surface area contributed by atoms with Crippen LogP contribution >= 0.6 is 0 Å². The number of phenolic OH excluding ortho intramolecular Hbond substituents is 1. The molecule has 7 heteroatoms. The molecule has 1 N–H and O–H groups in total. The molecule has 1 aromatic rings. The van der Waals surface area contributed by atoms with Crippen molar-refractivity contribution < 1.29 is 24.2 Å². The minimum atomic E-state index is -0.705. The quantitative estimate of drug-likeness (QED) is 0.673. The lowest BCUT2D eigenvalue weighted by molar-refractivity contribution is -0.387. The van der Waals surface area contributed by atoms with Crippen LogP contribution in [0.3, 0.4) is 0 Å². The number of para-hydroxylation sites is 1. The molecule has 0 radical (unpaired) electrons. The lowest BCUT2D eigenvalue weighted by Crippen LogP contribution is -2.37. The van der Waals surface area contributed by atoms with E-state index in [0.717, 1.165) is 0 Å². The summed E-state index contributed by atoms with van der Waals surface area (Å²) >= 11 is 0. The summed E-state index contributed by atoms with van der Waals surface area (Å²) in [6, 6.07) is 4.16. The number of nitrogens with zero attached hydrogens (tertiary/aromatic N) is 1. The summed E-state index contributed by atoms with van der Waals surface area (Å²) in [5, 5.41) is 20.5. The Morgan fingerprint density at radius 1 is 1.45 bits per heavy atom. The first-order chi connectivity index (χ1) is 9.22. The zero-order valence-electron chi connectivity index (χ0n) is 11.6. The minimum Gasteiger partial charge on any atom is -0.502 e. The fourth-order valence-corrected chi connectivity index (χ4v) is 2.09. The molecule has 1 saturated heterocycles. The molecule has 1 fully saturated rings. The van der Waals surface area contributed by atoms with E-state index < -0.39 is 27.7 Å². The summed E-state index contributed by atoms with van der Waals surface area (Å²) in [5.41, 5.74) is -1.14. The monoisotopic (exact) mass is 283 g/mol. The number of rotatable bonds is 4. The van der Waals surface area contributed by atoms with Crippen molar-refractivity contribution in [1.82, 2.24) is 0 Å². The zero-order chi connectivity index (χ0) is 15.0. The Balaban J connectivity index is 2.12. The Morgan fingerprint density at radius 2 is 2.15 bits per heavy atom. The van der Waals surface area contributed by atoms with E-state index in [1.807, 2.05) is 0 Å². The summed E-state index contributed by atoms with van der Waals surface area (Å²) in [4.78, 5) is 10.3. The van der Waals surface area contributed by atoms with Gasteiger partial charge >= 0.3 is 5.69 Å². The minimum absolute atomic E-state index is 0.00420. The van der Waals surface area contributed by atoms with E-state index in [1.165, 1.54) is 18.2 Å². The molecule has 20 heavy (non-hydrogen) atoms. The van der Waals surface area contributed by atoms with Gasteiger partial charge in [0.2, 0.25) is 5.75 Å². The zero-order valence-corrected chi connectivity index (χ0v) is 11.6. The first kappa shape index (κ1) is 14.5. The van der Waals surface area contributed by atoms with Crippen LogP contribution in [0.1, 0.15) is 20.8 Å². The summed E-state index contributed by atoms with van der Waals surface area (Å²) in [5.74, 6) is -1.13. The fourth-order valence-electron chi connectivity index (χ4n) is 2.09. The highest BCUT2D eigenvalue weighted by atomic mass is 16.8. The third kappa shape index (κ3) is 3.00. The van der Waals surface area contributed by atoms with Crippen molar-refractivity contribution in [3.63, 3.8) is 0 Å². The van der Waals surface area contributed by atoms with Crippen molar-refractivity contribution in [2.24, 2.45) is 0 Å². The third-order valence-electron chi connectivity index (χ3n) is 2.91. The average Bonchev–Trinajstić information content (AvgIpc) is 2.61. The summed E-state index contributed by atoms with van der Waals surface area (Å²) in [6.45, 7) is 5.79. The lowest BCUT2D eigenvalue weighted by atomic mass is 10.1. The Morgan fingerprint density at radius 3 is 2.70 bits per heavy atom. The molecule has 1 aliphatic heterocycles. The Bertz CT molecular complexity index is 530. The molecule has 1 aromatic carbocycles. The highest BCUT2D eigenvalue weighted by molar-refractivity contribution is 5.56. The maximum atomic E-state index is 10.9. The number of aromatic hydroxyl groups is 1. The van der Waals surface area contributed by atoms with Crippen LogP contribution in [-0.2, 0) is 9.47 Å². The van der Waals surface area contributed by atoms with Crippen molar-refractivity contribution in [2.75, 3.05) is 13.2 Å². The molecule has 1 atom stereocenters. The second-order valence-electron chi connectivity index (χ2n) is 5.41. The van der Waals surface area contributed by atoms with Gasteiger partial charge in [-0.1, -0.05) is 6.07 Å². The summed E-state index contributed by atoms with van der Waals surface area (Å²) in [7, 11) is 0. The average molecular weight is 283 g/mol. The van der Waals surface area contributed by atoms with Gasteiger partial charge in [-0.15, -0.1) is 0 Å². The van der Waals surface area contributed by atoms with Gasteiger partial charge in [0.25, 0.3) is 0 Å². The van der Waals surface area contributed by atoms with Gasteiger partial charge in [0, 0.05) is 0 Å². The number of nitro groups is 1. The van der Waals surface area contributed by atoms with E-state index in [2.05, 4.69) is 0 Å². The van der Waals surface area contributed by atoms with Crippen LogP contribution in [0.2, 0.25) is 0 Å². The van der Waals surface area contributed by atoms with Crippen molar-refractivity contribution >= 4 is 5.69 Å². The number of phenols is 1. The maximum absolute atomic E-state index is 10.9. The van der Waals surface area contributed by atoms with Gasteiger partial charge in [-0.3, -0.25) is 10.1 Å². The summed E-state index contributed by atoms with van der Waals surface area (Å²) in [6.07, 6.45) is 0. The number of ether oxygens (including phenoxy) is 3. The van der Waals surface area contributed by atoms with Crippen molar-refractivity contribution in [3.05, 3.63) is 28.3 Å². The summed E-state index contributed by atoms with van der Waals surface area (Å²) < 4.78 is 16.6. The molecule has 0 aromatic heterocycles. The predicted molar refractivity (Wildman–Crippen MR) is 69.8 cm³/mol. The van der Waals surface area contributed by atoms with Gasteiger partial charge < -0.3 is 19.3 Å². The molecule has 110 valence electrons. The van der Waals surface area contributed by atoms with Crippen molar-refractivity contribution in [2.45, 2.75) is 32.2 Å². The Kier molecular flexibility index (Phi) is 3.58. The van der Waals surface area contributed by atoms with Crippen LogP contribution in [-0.4, -0.2) is 34.6 Å². The van der Waals surface area contributed by atoms with Crippen molar-refractivity contribution in [1.29, 1.82) is 0 Å². The fraction of sp³-hybridized carbons (Fsp3) is 0.538. The smallest absolute Gasteiger partial charge is 0.352 e. The molecule has 0 amide bonds. The molecule has 0 bridgehead atoms. The molecule has 0 saturated carbocycles. The van der Waals surface area contributed by atoms with Crippen LogP contribution in [0.5, 0.6) is 11.5 Å². The van der Waals surface area contributed by atoms with E-state index >= 15 is 0 Å². The second kappa shape index (κ2) is 4.92. The largest absolute Gasteiger partial charge is 0.502 e. The van der Waals surface area contributed by atoms with E-state index in [9.17, 15) is 15.2 Å². The van der Waals surface area contributed by atoms with Gasteiger partial charge in [0.15, 0.2) is 11.5 Å². The number of hydrogen-bond donors (Lipinski definition) is 1. The van der Waals surface area contributed by atoms with Crippen LogP contribution in [0.15, 0.2) is 18.2 Å². The van der Waals surface area contributed by atoms with E-state index in [4.69, 9.17) is 14.2 Å². The van der Waals surface area contributed by atoms with Crippen LogP contribution in [0, 0.1) is 10.1 Å². The Hall–Kier alpha value is -1.86. The molecular weight excluding hydrogens is 266 g/mol. The van der Waals surface area contributed by atoms with Crippen LogP contribution < -0.4 is 4.74 Å². The number of hydrogen-bond acceptors (Lipinski definition) is 6. The standard InChI is InChI=1S/C13H17NO6/c1-12(2)19-8-13(3,20-12)7-18-10-6-4-5-9(15)11(10)14(16)17/h4-6,15H,7-8H2,1-3H3. The van der Waals surface area contributed by atoms with Crippen molar-refractivity contribution in [3.8, 4) is 11.5 Å².